The van der Waals surface area contributed by atoms with Gasteiger partial charge in [0.2, 0.25) is 11.7 Å². The fourth-order valence-electron chi connectivity index (χ4n) is 5.79. The van der Waals surface area contributed by atoms with Gasteiger partial charge < -0.3 is 13.9 Å². The van der Waals surface area contributed by atoms with Crippen molar-refractivity contribution in [3.63, 3.8) is 0 Å². The number of imidazole rings is 1. The number of likely N-dealkylation sites (tertiary alicyclic amines) is 1. The predicted molar refractivity (Wildman–Crippen MR) is 155 cm³/mol. The Bertz CT molecular complexity index is 1930. The quantitative estimate of drug-likeness (QED) is 0.242. The molecule has 1 saturated heterocycles. The SMILES string of the molecule is Cn1cncc1-c1ccc2oc(-c3ccnc(C(=O)N4CCC(C(c5ccccc5)n5nnc(C(F)F)n5)CC4)c3)nc2c1. The van der Waals surface area contributed by atoms with Crippen LogP contribution in [-0.2, 0) is 7.05 Å². The smallest absolute Gasteiger partial charge is 0.301 e. The summed E-state index contributed by atoms with van der Waals surface area (Å²) < 4.78 is 34.4. The first-order valence-corrected chi connectivity index (χ1v) is 14.2. The summed E-state index contributed by atoms with van der Waals surface area (Å²) in [5.74, 6) is -0.393. The van der Waals surface area contributed by atoms with E-state index in [1.165, 1.54) is 4.80 Å². The van der Waals surface area contributed by atoms with Gasteiger partial charge in [0, 0.05) is 37.5 Å². The molecular formula is C31H27F2N9O2. The number of amides is 1. The number of carbonyl (C=O) groups excluding carboxylic acids is 1. The number of oxazole rings is 1. The molecule has 1 unspecified atom stereocenters. The van der Waals surface area contributed by atoms with E-state index >= 15 is 0 Å². The van der Waals surface area contributed by atoms with Crippen LogP contribution < -0.4 is 0 Å². The van der Waals surface area contributed by atoms with Gasteiger partial charge in [0.15, 0.2) is 5.58 Å². The molecule has 5 heterocycles. The minimum atomic E-state index is -2.80. The number of pyridine rings is 1. The van der Waals surface area contributed by atoms with Crippen molar-refractivity contribution in [1.29, 1.82) is 0 Å². The number of rotatable bonds is 7. The number of aromatic nitrogens is 8. The van der Waals surface area contributed by atoms with Crippen molar-refractivity contribution in [2.75, 3.05) is 13.1 Å². The fourth-order valence-corrected chi connectivity index (χ4v) is 5.79. The van der Waals surface area contributed by atoms with Gasteiger partial charge in [-0.15, -0.1) is 10.2 Å². The summed E-state index contributed by atoms with van der Waals surface area (Å²) in [5.41, 5.74) is 5.09. The number of nitrogens with zero attached hydrogens (tertiary/aromatic N) is 9. The van der Waals surface area contributed by atoms with Gasteiger partial charge in [0.25, 0.3) is 5.91 Å². The third kappa shape index (κ3) is 5.21. The molecule has 222 valence electrons. The summed E-state index contributed by atoms with van der Waals surface area (Å²) in [4.78, 5) is 29.8. The van der Waals surface area contributed by atoms with Crippen LogP contribution in [0, 0.1) is 5.92 Å². The average molecular weight is 596 g/mol. The first-order valence-electron chi connectivity index (χ1n) is 14.2. The highest BCUT2D eigenvalue weighted by Gasteiger charge is 2.33. The van der Waals surface area contributed by atoms with Crippen molar-refractivity contribution in [2.45, 2.75) is 25.3 Å². The number of carbonyl (C=O) groups is 1. The zero-order valence-corrected chi connectivity index (χ0v) is 23.7. The molecule has 0 aliphatic carbocycles. The zero-order chi connectivity index (χ0) is 30.2. The maximum Gasteiger partial charge on any atom is 0.301 e. The molecule has 0 spiro atoms. The Balaban J connectivity index is 1.08. The Kier molecular flexibility index (Phi) is 7.12. The highest BCUT2D eigenvalue weighted by Crippen LogP contribution is 2.34. The number of hydrogen-bond donors (Lipinski definition) is 0. The lowest BCUT2D eigenvalue weighted by Crippen LogP contribution is -2.41. The number of piperidine rings is 1. The summed E-state index contributed by atoms with van der Waals surface area (Å²) in [7, 11) is 1.93. The van der Waals surface area contributed by atoms with Crippen LogP contribution in [0.1, 0.15) is 47.2 Å². The minimum absolute atomic E-state index is 0.0106. The second-order valence-corrected chi connectivity index (χ2v) is 10.8. The van der Waals surface area contributed by atoms with E-state index < -0.39 is 12.2 Å². The lowest BCUT2D eigenvalue weighted by Gasteiger charge is -2.35. The van der Waals surface area contributed by atoms with E-state index in [0.717, 1.165) is 16.8 Å². The fraction of sp³-hybridized carbons (Fsp3) is 0.258. The Morgan fingerprint density at radius 3 is 2.57 bits per heavy atom. The first kappa shape index (κ1) is 27.5. The van der Waals surface area contributed by atoms with Crippen LogP contribution in [0.15, 0.2) is 83.8 Å². The van der Waals surface area contributed by atoms with Crippen LogP contribution in [0.5, 0.6) is 0 Å². The molecule has 2 aromatic carbocycles. The molecule has 1 aliphatic heterocycles. The van der Waals surface area contributed by atoms with Crippen molar-refractivity contribution in [3.05, 3.63) is 96.5 Å². The molecule has 0 radical (unpaired) electrons. The standard InChI is InChI=1S/C31H27F2N9O2/c1-40-18-34-17-25(40)21-7-8-26-23(15-21)36-30(44-26)22-9-12-35-24(16-22)31(43)41-13-10-20(11-14-41)27(19-5-3-2-4-6-19)42-38-29(28(32)33)37-39-42/h2-9,12,15-18,20,27-28H,10-11,13-14H2,1H3. The summed E-state index contributed by atoms with van der Waals surface area (Å²) in [5, 5.41) is 11.5. The van der Waals surface area contributed by atoms with Gasteiger partial charge in [-0.1, -0.05) is 30.3 Å². The van der Waals surface area contributed by atoms with E-state index in [1.54, 1.807) is 35.8 Å². The highest BCUT2D eigenvalue weighted by atomic mass is 19.3. The molecule has 0 bridgehead atoms. The van der Waals surface area contributed by atoms with Crippen LogP contribution in [0.2, 0.25) is 0 Å². The van der Waals surface area contributed by atoms with Crippen molar-refractivity contribution in [3.8, 4) is 22.7 Å². The van der Waals surface area contributed by atoms with Crippen molar-refractivity contribution >= 4 is 17.0 Å². The number of halogens is 2. The van der Waals surface area contributed by atoms with Crippen LogP contribution >= 0.6 is 0 Å². The summed E-state index contributed by atoms with van der Waals surface area (Å²) in [6.45, 7) is 0.934. The molecule has 0 saturated carbocycles. The van der Waals surface area contributed by atoms with Crippen LogP contribution in [0.3, 0.4) is 0 Å². The highest BCUT2D eigenvalue weighted by molar-refractivity contribution is 5.93. The van der Waals surface area contributed by atoms with Gasteiger partial charge in [-0.2, -0.15) is 4.80 Å². The van der Waals surface area contributed by atoms with E-state index in [9.17, 15) is 13.6 Å². The molecule has 44 heavy (non-hydrogen) atoms. The van der Waals surface area contributed by atoms with Gasteiger partial charge in [0.05, 0.1) is 18.2 Å². The molecule has 1 amide bonds. The van der Waals surface area contributed by atoms with Gasteiger partial charge in [-0.25, -0.2) is 18.7 Å². The summed E-state index contributed by atoms with van der Waals surface area (Å²) in [6, 6.07) is 18.4. The van der Waals surface area contributed by atoms with Crippen molar-refractivity contribution < 1.29 is 18.0 Å². The molecule has 0 N–H and O–H groups in total. The maximum absolute atomic E-state index is 13.5. The average Bonchev–Trinajstić information content (AvgIpc) is 3.82. The third-order valence-corrected chi connectivity index (χ3v) is 8.03. The molecule has 13 heteroatoms. The van der Waals surface area contributed by atoms with E-state index in [0.29, 0.717) is 48.5 Å². The molecule has 7 rings (SSSR count). The molecule has 11 nitrogen and oxygen atoms in total. The number of fused-ring (bicyclic) bond motifs is 1. The van der Waals surface area contributed by atoms with Gasteiger partial charge in [-0.05, 0) is 59.9 Å². The van der Waals surface area contributed by atoms with Crippen LogP contribution in [-0.4, -0.2) is 63.6 Å². The molecule has 6 aromatic rings. The number of aryl methyl sites for hydroxylation is 1. The molecule has 1 atom stereocenters. The number of benzene rings is 2. The number of alkyl halides is 2. The number of hydrogen-bond acceptors (Lipinski definition) is 8. The van der Waals surface area contributed by atoms with E-state index in [-0.39, 0.29) is 23.6 Å². The Hall–Kier alpha value is -5.33. The normalized spacial score (nSPS) is 14.9. The largest absolute Gasteiger partial charge is 0.436 e. The van der Waals surface area contributed by atoms with Gasteiger partial charge in [0.1, 0.15) is 17.3 Å². The van der Waals surface area contributed by atoms with Gasteiger partial charge >= 0.3 is 6.43 Å². The van der Waals surface area contributed by atoms with E-state index in [4.69, 9.17) is 4.42 Å². The topological polar surface area (TPSA) is 121 Å². The molecule has 1 aliphatic rings. The van der Waals surface area contributed by atoms with E-state index in [2.05, 4.69) is 30.4 Å². The Morgan fingerprint density at radius 2 is 1.84 bits per heavy atom. The lowest BCUT2D eigenvalue weighted by atomic mass is 9.85. The van der Waals surface area contributed by atoms with Gasteiger partial charge in [-0.3, -0.25) is 9.78 Å². The van der Waals surface area contributed by atoms with E-state index in [1.807, 2.05) is 60.1 Å². The predicted octanol–water partition coefficient (Wildman–Crippen LogP) is 5.36. The second-order valence-electron chi connectivity index (χ2n) is 10.8. The Morgan fingerprint density at radius 1 is 1.02 bits per heavy atom. The number of tetrazole rings is 1. The third-order valence-electron chi connectivity index (χ3n) is 8.03. The Labute approximate surface area is 250 Å². The van der Waals surface area contributed by atoms with Crippen molar-refractivity contribution in [2.24, 2.45) is 13.0 Å². The molecule has 4 aromatic heterocycles. The van der Waals surface area contributed by atoms with Crippen LogP contribution in [0.4, 0.5) is 8.78 Å². The summed E-state index contributed by atoms with van der Waals surface area (Å²) in [6.07, 6.45) is 3.56. The maximum atomic E-state index is 13.5. The summed E-state index contributed by atoms with van der Waals surface area (Å²) >= 11 is 0. The zero-order valence-electron chi connectivity index (χ0n) is 23.7. The molecule has 1 fully saturated rings. The van der Waals surface area contributed by atoms with Crippen LogP contribution in [0.25, 0.3) is 33.8 Å². The first-order chi connectivity index (χ1) is 21.4. The lowest BCUT2D eigenvalue weighted by molar-refractivity contribution is 0.0657. The monoisotopic (exact) mass is 595 g/mol. The molecular weight excluding hydrogens is 568 g/mol. The minimum Gasteiger partial charge on any atom is -0.436 e. The second kappa shape index (κ2) is 11.4. The van der Waals surface area contributed by atoms with Crippen molar-refractivity contribution in [1.82, 2.24) is 44.6 Å².